The highest BCUT2D eigenvalue weighted by atomic mass is 19.4. The van der Waals surface area contributed by atoms with Gasteiger partial charge < -0.3 is 21.3 Å². The lowest BCUT2D eigenvalue weighted by Crippen LogP contribution is -2.34. The van der Waals surface area contributed by atoms with Gasteiger partial charge in [0.05, 0.1) is 5.56 Å². The first-order chi connectivity index (χ1) is 18.1. The zero-order valence-corrected chi connectivity index (χ0v) is 21.4. The molecular weight excluding hydrogens is 497 g/mol. The Morgan fingerprint density at radius 2 is 1.87 bits per heavy atom. The summed E-state index contributed by atoms with van der Waals surface area (Å²) < 4.78 is 40.2. The number of rotatable bonds is 8. The Morgan fingerprint density at radius 3 is 2.58 bits per heavy atom. The minimum absolute atomic E-state index is 0.0738. The number of carbonyl (C=O) groups excluding carboxylic acids is 1. The van der Waals surface area contributed by atoms with Crippen LogP contribution in [0.15, 0.2) is 53.9 Å². The number of aromatic nitrogens is 2. The maximum atomic E-state index is 13.4. The normalized spacial score (nSPS) is 15.3. The van der Waals surface area contributed by atoms with Crippen LogP contribution in [0, 0.1) is 6.92 Å². The standard InChI is InChI=1S/C26H29F3N8O/c1-15-5-6-20(34-25(38)18-8-17(13-30-3)9-19(10-18)26(27,28)29)11-21(15)35-24-7-16(2)36-37(24)23-12-22(31-4)32-14-33-23/h5-6,8-12,14,24,30,35H,7,13H2,1-4H3,(H,34,38)(H,31,32,33). The molecule has 1 amide bonds. The second kappa shape index (κ2) is 11.1. The van der Waals surface area contributed by atoms with Crippen molar-refractivity contribution in [3.63, 3.8) is 0 Å². The second-order valence-electron chi connectivity index (χ2n) is 8.99. The van der Waals surface area contributed by atoms with Gasteiger partial charge in [0.1, 0.15) is 18.3 Å². The largest absolute Gasteiger partial charge is 0.416 e. The zero-order valence-electron chi connectivity index (χ0n) is 21.4. The highest BCUT2D eigenvalue weighted by molar-refractivity contribution is 6.04. The number of anilines is 4. The van der Waals surface area contributed by atoms with Crippen LogP contribution in [0.3, 0.4) is 0 Å². The van der Waals surface area contributed by atoms with E-state index in [9.17, 15) is 18.0 Å². The molecule has 0 bridgehead atoms. The van der Waals surface area contributed by atoms with E-state index < -0.39 is 17.6 Å². The highest BCUT2D eigenvalue weighted by Gasteiger charge is 2.32. The van der Waals surface area contributed by atoms with Gasteiger partial charge in [0.15, 0.2) is 5.82 Å². The summed E-state index contributed by atoms with van der Waals surface area (Å²) in [6.45, 7) is 4.04. The third-order valence-corrected chi connectivity index (χ3v) is 5.99. The van der Waals surface area contributed by atoms with E-state index in [1.54, 1.807) is 37.3 Å². The second-order valence-corrected chi connectivity index (χ2v) is 8.99. The van der Waals surface area contributed by atoms with Crippen LogP contribution in [0.5, 0.6) is 0 Å². The summed E-state index contributed by atoms with van der Waals surface area (Å²) in [7, 11) is 3.40. The maximum Gasteiger partial charge on any atom is 0.416 e. The van der Waals surface area contributed by atoms with Crippen molar-refractivity contribution in [3.8, 4) is 0 Å². The van der Waals surface area contributed by atoms with Gasteiger partial charge in [-0.1, -0.05) is 6.07 Å². The molecule has 9 nitrogen and oxygen atoms in total. The molecule has 2 heterocycles. The predicted molar refractivity (Wildman–Crippen MR) is 143 cm³/mol. The topological polar surface area (TPSA) is 107 Å². The number of halogens is 3. The Labute approximate surface area is 218 Å². The SMILES string of the molecule is CNCc1cc(C(=O)Nc2ccc(C)c(NC3CC(C)=NN3c3cc(NC)ncn3)c2)cc(C(F)(F)F)c1. The molecule has 2 aromatic carbocycles. The molecule has 1 aliphatic rings. The quantitative estimate of drug-likeness (QED) is 0.333. The first kappa shape index (κ1) is 26.9. The van der Waals surface area contributed by atoms with E-state index in [1.807, 2.05) is 19.9 Å². The summed E-state index contributed by atoms with van der Waals surface area (Å²) in [5, 5.41) is 18.4. The smallest absolute Gasteiger partial charge is 0.373 e. The van der Waals surface area contributed by atoms with Crippen molar-refractivity contribution in [2.45, 2.75) is 39.2 Å². The summed E-state index contributed by atoms with van der Waals surface area (Å²) in [5.74, 6) is 0.634. The van der Waals surface area contributed by atoms with Gasteiger partial charge in [0.25, 0.3) is 5.91 Å². The Hall–Kier alpha value is -4.19. The van der Waals surface area contributed by atoms with E-state index >= 15 is 0 Å². The lowest BCUT2D eigenvalue weighted by molar-refractivity contribution is -0.137. The summed E-state index contributed by atoms with van der Waals surface area (Å²) >= 11 is 0. The fraction of sp³-hybridized carbons (Fsp3) is 0.308. The molecule has 0 saturated heterocycles. The van der Waals surface area contributed by atoms with E-state index in [1.165, 1.54) is 12.4 Å². The number of nitrogens with zero attached hydrogens (tertiary/aromatic N) is 4. The molecular formula is C26H29F3N8O. The number of amides is 1. The fourth-order valence-electron chi connectivity index (χ4n) is 4.12. The minimum atomic E-state index is -4.56. The Bertz CT molecular complexity index is 1360. The number of alkyl halides is 3. The van der Waals surface area contributed by atoms with Crippen molar-refractivity contribution < 1.29 is 18.0 Å². The number of benzene rings is 2. The van der Waals surface area contributed by atoms with E-state index in [0.717, 1.165) is 29.1 Å². The zero-order chi connectivity index (χ0) is 27.4. The number of nitrogens with one attached hydrogen (secondary N) is 4. The highest BCUT2D eigenvalue weighted by Crippen LogP contribution is 2.32. The van der Waals surface area contributed by atoms with Gasteiger partial charge in [-0.05, 0) is 62.4 Å². The summed E-state index contributed by atoms with van der Waals surface area (Å²) in [4.78, 5) is 21.5. The number of hydrogen-bond donors (Lipinski definition) is 4. The van der Waals surface area contributed by atoms with Crippen LogP contribution in [0.2, 0.25) is 0 Å². The fourth-order valence-corrected chi connectivity index (χ4v) is 4.12. The van der Waals surface area contributed by atoms with E-state index in [4.69, 9.17) is 0 Å². The molecule has 1 atom stereocenters. The molecule has 4 N–H and O–H groups in total. The monoisotopic (exact) mass is 526 g/mol. The third-order valence-electron chi connectivity index (χ3n) is 5.99. The Morgan fingerprint density at radius 1 is 1.08 bits per heavy atom. The van der Waals surface area contributed by atoms with Crippen LogP contribution >= 0.6 is 0 Å². The summed E-state index contributed by atoms with van der Waals surface area (Å²) in [6, 6.07) is 10.4. The van der Waals surface area contributed by atoms with Crippen LogP contribution < -0.4 is 26.3 Å². The molecule has 4 rings (SSSR count). The average Bonchev–Trinajstić information content (AvgIpc) is 3.25. The van der Waals surface area contributed by atoms with Crippen LogP contribution in [-0.4, -0.2) is 41.8 Å². The van der Waals surface area contributed by atoms with Gasteiger partial charge in [-0.3, -0.25) is 4.79 Å². The van der Waals surface area contributed by atoms with Crippen molar-refractivity contribution in [1.82, 2.24) is 15.3 Å². The molecule has 0 spiro atoms. The lowest BCUT2D eigenvalue weighted by Gasteiger charge is -2.25. The molecule has 0 aliphatic carbocycles. The summed E-state index contributed by atoms with van der Waals surface area (Å²) in [5.41, 5.74) is 2.43. The first-order valence-corrected chi connectivity index (χ1v) is 11.9. The van der Waals surface area contributed by atoms with Crippen molar-refractivity contribution in [1.29, 1.82) is 0 Å². The molecule has 0 fully saturated rings. The molecule has 3 aromatic rings. The predicted octanol–water partition coefficient (Wildman–Crippen LogP) is 4.84. The van der Waals surface area contributed by atoms with Gasteiger partial charge in [-0.25, -0.2) is 15.0 Å². The molecule has 12 heteroatoms. The Kier molecular flexibility index (Phi) is 7.81. The van der Waals surface area contributed by atoms with Crippen LogP contribution in [0.1, 0.15) is 40.4 Å². The maximum absolute atomic E-state index is 13.4. The number of carbonyl (C=O) groups is 1. The number of hydrazone groups is 1. The molecule has 38 heavy (non-hydrogen) atoms. The lowest BCUT2D eigenvalue weighted by atomic mass is 10.0. The van der Waals surface area contributed by atoms with Crippen molar-refractivity contribution in [3.05, 3.63) is 71.0 Å². The van der Waals surface area contributed by atoms with E-state index in [0.29, 0.717) is 29.3 Å². The number of aryl methyl sites for hydroxylation is 1. The average molecular weight is 527 g/mol. The van der Waals surface area contributed by atoms with Crippen LogP contribution in [0.4, 0.5) is 36.2 Å². The van der Waals surface area contributed by atoms with Gasteiger partial charge in [0.2, 0.25) is 0 Å². The molecule has 200 valence electrons. The van der Waals surface area contributed by atoms with Crippen molar-refractivity contribution >= 4 is 34.6 Å². The summed E-state index contributed by atoms with van der Waals surface area (Å²) in [6.07, 6.45) is -2.72. The minimum Gasteiger partial charge on any atom is -0.373 e. The van der Waals surface area contributed by atoms with Gasteiger partial charge in [0, 0.05) is 48.7 Å². The number of hydrogen-bond acceptors (Lipinski definition) is 8. The van der Waals surface area contributed by atoms with Crippen LogP contribution in [-0.2, 0) is 12.7 Å². The van der Waals surface area contributed by atoms with Gasteiger partial charge >= 0.3 is 6.18 Å². The van der Waals surface area contributed by atoms with Crippen molar-refractivity contribution in [2.24, 2.45) is 5.10 Å². The van der Waals surface area contributed by atoms with Crippen LogP contribution in [0.25, 0.3) is 0 Å². The molecule has 0 radical (unpaired) electrons. The molecule has 1 unspecified atom stereocenters. The van der Waals surface area contributed by atoms with Gasteiger partial charge in [-0.15, -0.1) is 0 Å². The van der Waals surface area contributed by atoms with Gasteiger partial charge in [-0.2, -0.15) is 18.3 Å². The van der Waals surface area contributed by atoms with E-state index in [2.05, 4.69) is 36.3 Å². The molecule has 1 aromatic heterocycles. The van der Waals surface area contributed by atoms with E-state index in [-0.39, 0.29) is 18.3 Å². The molecule has 1 aliphatic heterocycles. The van der Waals surface area contributed by atoms with Crippen molar-refractivity contribution in [2.75, 3.05) is 35.1 Å². The third kappa shape index (κ3) is 6.20. The Balaban J connectivity index is 1.56. The molecule has 0 saturated carbocycles. The first-order valence-electron chi connectivity index (χ1n) is 11.9.